The molecule has 1 fully saturated rings. The van der Waals surface area contributed by atoms with Gasteiger partial charge in [0.25, 0.3) is 11.8 Å². The van der Waals surface area contributed by atoms with Crippen molar-refractivity contribution in [2.24, 2.45) is 0 Å². The number of nitrogens with one attached hydrogen (secondary N) is 1. The number of hydrogen-bond donors (Lipinski definition) is 1. The van der Waals surface area contributed by atoms with Crippen molar-refractivity contribution in [1.29, 1.82) is 0 Å². The van der Waals surface area contributed by atoms with E-state index in [9.17, 15) is 14.0 Å². The molecule has 1 aliphatic rings. The van der Waals surface area contributed by atoms with Crippen molar-refractivity contribution in [2.75, 3.05) is 19.6 Å². The fourth-order valence-electron chi connectivity index (χ4n) is 3.87. The lowest BCUT2D eigenvalue weighted by Gasteiger charge is -2.40. The molecule has 4 rings (SSSR count). The highest BCUT2D eigenvalue weighted by atomic mass is 19.1. The summed E-state index contributed by atoms with van der Waals surface area (Å²) in [5, 5.41) is 0.372. The third-order valence-electron chi connectivity index (χ3n) is 5.43. The van der Waals surface area contributed by atoms with E-state index in [1.165, 1.54) is 6.07 Å². The van der Waals surface area contributed by atoms with E-state index in [0.29, 0.717) is 41.7 Å². The summed E-state index contributed by atoms with van der Waals surface area (Å²) in [6.45, 7) is 7.14. The lowest BCUT2D eigenvalue weighted by molar-refractivity contribution is -0.128. The monoisotopic (exact) mass is 391 g/mol. The average Bonchev–Trinajstić information content (AvgIpc) is 3.18. The molecule has 0 radical (unpaired) electrons. The number of H-pyrrole nitrogens is 1. The molecular formula is C23H22FN3O2. The van der Waals surface area contributed by atoms with Gasteiger partial charge in [-0.15, -0.1) is 0 Å². The number of hydrogen-bond acceptors (Lipinski definition) is 2. The summed E-state index contributed by atoms with van der Waals surface area (Å²) in [5.41, 5.74) is 1.98. The number of amides is 2. The minimum absolute atomic E-state index is 0.0397. The van der Waals surface area contributed by atoms with Crippen molar-refractivity contribution in [2.45, 2.75) is 13.0 Å². The molecule has 0 saturated carbocycles. The number of fused-ring (bicyclic) bond motifs is 1. The summed E-state index contributed by atoms with van der Waals surface area (Å²) in [6.07, 6.45) is 1.62. The van der Waals surface area contributed by atoms with Gasteiger partial charge in [0.05, 0.1) is 0 Å². The standard InChI is InChI=1S/C23H22FN3O2/c1-15-14-26(23(29)17-7-4-3-5-8-17)11-12-27(15)22(28)16(2)18-13-25-20-10-6-9-19(24)21(18)20/h3-10,13,15,25H,2,11-12,14H2,1H3/t15-/m0/s1. The first-order valence-electron chi connectivity index (χ1n) is 9.57. The minimum Gasteiger partial charge on any atom is -0.360 e. The van der Waals surface area contributed by atoms with Crippen LogP contribution < -0.4 is 0 Å². The van der Waals surface area contributed by atoms with Gasteiger partial charge in [-0.3, -0.25) is 9.59 Å². The molecule has 1 aromatic heterocycles. The van der Waals surface area contributed by atoms with Crippen LogP contribution in [0.4, 0.5) is 4.39 Å². The number of aromatic amines is 1. The van der Waals surface area contributed by atoms with E-state index in [0.717, 1.165) is 0 Å². The zero-order chi connectivity index (χ0) is 20.5. The van der Waals surface area contributed by atoms with Crippen LogP contribution in [0.15, 0.2) is 61.3 Å². The van der Waals surface area contributed by atoms with E-state index < -0.39 is 0 Å². The molecule has 0 unspecified atom stereocenters. The maximum Gasteiger partial charge on any atom is 0.254 e. The first kappa shape index (κ1) is 18.9. The Morgan fingerprint density at radius 1 is 1.10 bits per heavy atom. The second kappa shape index (κ2) is 7.54. The van der Waals surface area contributed by atoms with Gasteiger partial charge in [0.1, 0.15) is 5.82 Å². The van der Waals surface area contributed by atoms with Gasteiger partial charge in [-0.2, -0.15) is 0 Å². The lowest BCUT2D eigenvalue weighted by atomic mass is 10.0. The normalized spacial score (nSPS) is 16.8. The predicted molar refractivity (Wildman–Crippen MR) is 111 cm³/mol. The lowest BCUT2D eigenvalue weighted by Crippen LogP contribution is -2.55. The number of rotatable bonds is 3. The van der Waals surface area contributed by atoms with Crippen molar-refractivity contribution >= 4 is 28.3 Å². The molecule has 148 valence electrons. The summed E-state index contributed by atoms with van der Waals surface area (Å²) in [6, 6.07) is 13.7. The summed E-state index contributed by atoms with van der Waals surface area (Å²) in [4.78, 5) is 32.2. The minimum atomic E-state index is -0.390. The fraction of sp³-hybridized carbons (Fsp3) is 0.217. The molecule has 1 saturated heterocycles. The zero-order valence-corrected chi connectivity index (χ0v) is 16.2. The maximum atomic E-state index is 14.3. The fourth-order valence-corrected chi connectivity index (χ4v) is 3.87. The van der Waals surface area contributed by atoms with Crippen molar-refractivity contribution in [1.82, 2.24) is 14.8 Å². The van der Waals surface area contributed by atoms with Crippen LogP contribution in [0, 0.1) is 5.82 Å². The molecule has 1 atom stereocenters. The van der Waals surface area contributed by atoms with Gasteiger partial charge in [-0.25, -0.2) is 4.39 Å². The molecule has 5 nitrogen and oxygen atoms in total. The number of benzene rings is 2. The van der Waals surface area contributed by atoms with Crippen LogP contribution in [0.3, 0.4) is 0 Å². The Bertz CT molecular complexity index is 1090. The van der Waals surface area contributed by atoms with E-state index in [1.54, 1.807) is 40.3 Å². The number of halogens is 1. The van der Waals surface area contributed by atoms with Crippen LogP contribution in [0.2, 0.25) is 0 Å². The van der Waals surface area contributed by atoms with Gasteiger partial charge in [0.15, 0.2) is 0 Å². The summed E-state index contributed by atoms with van der Waals surface area (Å²) >= 11 is 0. The first-order chi connectivity index (χ1) is 14.0. The average molecular weight is 391 g/mol. The molecule has 2 aromatic carbocycles. The summed E-state index contributed by atoms with van der Waals surface area (Å²) in [5.74, 6) is -0.672. The Morgan fingerprint density at radius 2 is 1.86 bits per heavy atom. The van der Waals surface area contributed by atoms with Crippen LogP contribution in [-0.2, 0) is 4.79 Å². The molecule has 2 heterocycles. The number of carbonyl (C=O) groups excluding carboxylic acids is 2. The third kappa shape index (κ3) is 3.42. The largest absolute Gasteiger partial charge is 0.360 e. The molecule has 1 N–H and O–H groups in total. The van der Waals surface area contributed by atoms with Gasteiger partial charge in [-0.1, -0.05) is 30.8 Å². The van der Waals surface area contributed by atoms with E-state index in [1.807, 2.05) is 25.1 Å². The molecule has 2 amide bonds. The van der Waals surface area contributed by atoms with Crippen molar-refractivity contribution in [3.63, 3.8) is 0 Å². The van der Waals surface area contributed by atoms with Crippen LogP contribution >= 0.6 is 0 Å². The molecule has 0 spiro atoms. The van der Waals surface area contributed by atoms with Crippen molar-refractivity contribution in [3.8, 4) is 0 Å². The maximum absolute atomic E-state index is 14.3. The van der Waals surface area contributed by atoms with Crippen LogP contribution in [0.5, 0.6) is 0 Å². The number of nitrogens with zero attached hydrogens (tertiary/aromatic N) is 2. The number of carbonyl (C=O) groups is 2. The van der Waals surface area contributed by atoms with Gasteiger partial charge < -0.3 is 14.8 Å². The second-order valence-corrected chi connectivity index (χ2v) is 7.31. The topological polar surface area (TPSA) is 56.4 Å². The van der Waals surface area contributed by atoms with Crippen LogP contribution in [0.25, 0.3) is 16.5 Å². The third-order valence-corrected chi connectivity index (χ3v) is 5.43. The highest BCUT2D eigenvalue weighted by Crippen LogP contribution is 2.28. The zero-order valence-electron chi connectivity index (χ0n) is 16.2. The highest BCUT2D eigenvalue weighted by molar-refractivity contribution is 6.22. The molecule has 6 heteroatoms. The smallest absolute Gasteiger partial charge is 0.254 e. The molecule has 3 aromatic rings. The van der Waals surface area contributed by atoms with E-state index in [-0.39, 0.29) is 29.2 Å². The highest BCUT2D eigenvalue weighted by Gasteiger charge is 2.32. The Hall–Kier alpha value is -3.41. The van der Waals surface area contributed by atoms with Gasteiger partial charge >= 0.3 is 0 Å². The Kier molecular flexibility index (Phi) is 4.92. The number of aromatic nitrogens is 1. The quantitative estimate of drug-likeness (QED) is 0.693. The predicted octanol–water partition coefficient (Wildman–Crippen LogP) is 3.69. The van der Waals surface area contributed by atoms with E-state index in [4.69, 9.17) is 0 Å². The first-order valence-corrected chi connectivity index (χ1v) is 9.57. The molecule has 0 aliphatic carbocycles. The SMILES string of the molecule is C=C(C(=O)N1CCN(C(=O)c2ccccc2)C[C@@H]1C)c1c[nH]c2cccc(F)c12. The second-order valence-electron chi connectivity index (χ2n) is 7.31. The van der Waals surface area contributed by atoms with Gasteiger partial charge in [-0.05, 0) is 31.2 Å². The van der Waals surface area contributed by atoms with Crippen molar-refractivity contribution in [3.05, 3.63) is 78.3 Å². The molecule has 0 bridgehead atoms. The Balaban J connectivity index is 1.50. The molecule has 29 heavy (non-hydrogen) atoms. The van der Waals surface area contributed by atoms with Crippen LogP contribution in [0.1, 0.15) is 22.8 Å². The van der Waals surface area contributed by atoms with Crippen molar-refractivity contribution < 1.29 is 14.0 Å². The van der Waals surface area contributed by atoms with Crippen LogP contribution in [-0.4, -0.2) is 52.3 Å². The van der Waals surface area contributed by atoms with Gasteiger partial charge in [0.2, 0.25) is 0 Å². The Morgan fingerprint density at radius 3 is 2.59 bits per heavy atom. The van der Waals surface area contributed by atoms with Gasteiger partial charge in [0, 0.05) is 59.5 Å². The molecule has 1 aliphatic heterocycles. The summed E-state index contributed by atoms with van der Waals surface area (Å²) < 4.78 is 14.3. The summed E-state index contributed by atoms with van der Waals surface area (Å²) in [7, 11) is 0. The van der Waals surface area contributed by atoms with E-state index >= 15 is 0 Å². The number of piperazine rings is 1. The van der Waals surface area contributed by atoms with E-state index in [2.05, 4.69) is 11.6 Å². The molecular weight excluding hydrogens is 369 g/mol. The Labute approximate surface area is 168 Å².